The van der Waals surface area contributed by atoms with E-state index in [-0.39, 0.29) is 11.0 Å². The molecule has 5 heteroatoms. The molecule has 0 saturated carbocycles. The fourth-order valence-corrected chi connectivity index (χ4v) is 2.48. The van der Waals surface area contributed by atoms with E-state index >= 15 is 0 Å². The van der Waals surface area contributed by atoms with Crippen molar-refractivity contribution >= 4 is 17.2 Å². The first-order valence-electron chi connectivity index (χ1n) is 6.74. The second-order valence-electron chi connectivity index (χ2n) is 6.06. The highest BCUT2D eigenvalue weighted by molar-refractivity contribution is 6.33. The van der Waals surface area contributed by atoms with Gasteiger partial charge in [-0.3, -0.25) is 9.89 Å². The molecule has 0 atom stereocenters. The van der Waals surface area contributed by atoms with Crippen molar-refractivity contribution in [3.05, 3.63) is 57.6 Å². The van der Waals surface area contributed by atoms with E-state index in [1.54, 1.807) is 12.3 Å². The number of benzene rings is 1. The number of fused-ring (bicyclic) bond motifs is 1. The van der Waals surface area contributed by atoms with Gasteiger partial charge in [0.05, 0.1) is 5.69 Å². The van der Waals surface area contributed by atoms with E-state index in [0.717, 1.165) is 16.8 Å². The molecule has 0 aliphatic heterocycles. The van der Waals surface area contributed by atoms with Crippen molar-refractivity contribution in [2.45, 2.75) is 26.2 Å². The predicted molar refractivity (Wildman–Crippen MR) is 85.0 cm³/mol. The summed E-state index contributed by atoms with van der Waals surface area (Å²) in [6.07, 6.45) is 1.76. The number of halogens is 1. The third-order valence-corrected chi connectivity index (χ3v) is 3.76. The van der Waals surface area contributed by atoms with Crippen molar-refractivity contribution in [2.75, 3.05) is 0 Å². The van der Waals surface area contributed by atoms with Crippen molar-refractivity contribution in [2.24, 2.45) is 0 Å². The van der Waals surface area contributed by atoms with E-state index in [0.29, 0.717) is 10.7 Å². The fourth-order valence-electron chi connectivity index (χ4n) is 2.24. The highest BCUT2D eigenvalue weighted by Gasteiger charge is 2.19. The van der Waals surface area contributed by atoms with Gasteiger partial charge in [-0.2, -0.15) is 0 Å². The SMILES string of the molecule is CC(C)(C)c1cc(=O)n2[nH]cc(-c3ccccc3Cl)c2n1. The molecule has 108 valence electrons. The van der Waals surface area contributed by atoms with Crippen molar-refractivity contribution in [3.63, 3.8) is 0 Å². The molecule has 0 spiro atoms. The molecule has 0 aliphatic rings. The van der Waals surface area contributed by atoms with Crippen LogP contribution in [0.1, 0.15) is 26.5 Å². The van der Waals surface area contributed by atoms with Crippen LogP contribution >= 0.6 is 11.6 Å². The number of H-pyrrole nitrogens is 1. The Morgan fingerprint density at radius 3 is 2.57 bits per heavy atom. The first kappa shape index (κ1) is 13.9. The number of aromatic amines is 1. The minimum atomic E-state index is -0.192. The highest BCUT2D eigenvalue weighted by atomic mass is 35.5. The first-order chi connectivity index (χ1) is 9.88. The maximum absolute atomic E-state index is 12.2. The van der Waals surface area contributed by atoms with Crippen molar-refractivity contribution in [1.82, 2.24) is 14.6 Å². The third kappa shape index (κ3) is 2.36. The number of hydrogen-bond acceptors (Lipinski definition) is 2. The monoisotopic (exact) mass is 301 g/mol. The van der Waals surface area contributed by atoms with Crippen LogP contribution in [0.2, 0.25) is 5.02 Å². The summed E-state index contributed by atoms with van der Waals surface area (Å²) in [5.74, 6) is 0. The molecular weight excluding hydrogens is 286 g/mol. The van der Waals surface area contributed by atoms with Crippen LogP contribution < -0.4 is 5.56 Å². The summed E-state index contributed by atoms with van der Waals surface area (Å²) in [7, 11) is 0. The van der Waals surface area contributed by atoms with Gasteiger partial charge in [-0.15, -0.1) is 0 Å². The zero-order valence-corrected chi connectivity index (χ0v) is 12.9. The number of hydrogen-bond donors (Lipinski definition) is 1. The summed E-state index contributed by atoms with van der Waals surface area (Å²) in [6, 6.07) is 9.10. The lowest BCUT2D eigenvalue weighted by Gasteiger charge is -2.17. The molecule has 0 saturated heterocycles. The molecule has 0 radical (unpaired) electrons. The van der Waals surface area contributed by atoms with Gasteiger partial charge in [-0.25, -0.2) is 9.50 Å². The van der Waals surface area contributed by atoms with Crippen LogP contribution in [-0.4, -0.2) is 14.6 Å². The molecule has 0 aliphatic carbocycles. The molecule has 2 heterocycles. The predicted octanol–water partition coefficient (Wildman–Crippen LogP) is 3.64. The minimum absolute atomic E-state index is 0.122. The summed E-state index contributed by atoms with van der Waals surface area (Å²) < 4.78 is 1.44. The third-order valence-electron chi connectivity index (χ3n) is 3.43. The normalized spacial score (nSPS) is 12.0. The van der Waals surface area contributed by atoms with Gasteiger partial charge >= 0.3 is 0 Å². The van der Waals surface area contributed by atoms with Crippen molar-refractivity contribution < 1.29 is 0 Å². The molecule has 0 amide bonds. The maximum atomic E-state index is 12.2. The van der Waals surface area contributed by atoms with Gasteiger partial charge in [0, 0.05) is 33.8 Å². The lowest BCUT2D eigenvalue weighted by Crippen LogP contribution is -2.22. The van der Waals surface area contributed by atoms with Crippen LogP contribution in [0, 0.1) is 0 Å². The molecule has 2 aromatic heterocycles. The number of nitrogens with one attached hydrogen (secondary N) is 1. The Hall–Kier alpha value is -2.07. The van der Waals surface area contributed by atoms with E-state index in [1.165, 1.54) is 4.52 Å². The van der Waals surface area contributed by atoms with Gasteiger partial charge in [0.1, 0.15) is 0 Å². The van der Waals surface area contributed by atoms with Crippen LogP contribution in [0.3, 0.4) is 0 Å². The summed E-state index contributed by atoms with van der Waals surface area (Å²) in [5.41, 5.74) is 2.73. The van der Waals surface area contributed by atoms with Crippen LogP contribution in [0.25, 0.3) is 16.8 Å². The van der Waals surface area contributed by atoms with Crippen molar-refractivity contribution in [1.29, 1.82) is 0 Å². The van der Waals surface area contributed by atoms with Gasteiger partial charge in [-0.1, -0.05) is 50.6 Å². The maximum Gasteiger partial charge on any atom is 0.272 e. The molecule has 1 aromatic carbocycles. The molecule has 4 nitrogen and oxygen atoms in total. The average molecular weight is 302 g/mol. The minimum Gasteiger partial charge on any atom is -0.296 e. The van der Waals surface area contributed by atoms with E-state index in [1.807, 2.05) is 45.0 Å². The summed E-state index contributed by atoms with van der Waals surface area (Å²) in [6.45, 7) is 6.10. The van der Waals surface area contributed by atoms with Gasteiger partial charge in [0.15, 0.2) is 5.65 Å². The summed E-state index contributed by atoms with van der Waals surface area (Å²) in [5, 5.41) is 3.58. The lowest BCUT2D eigenvalue weighted by atomic mass is 9.92. The smallest absolute Gasteiger partial charge is 0.272 e. The second kappa shape index (κ2) is 4.74. The molecule has 0 fully saturated rings. The highest BCUT2D eigenvalue weighted by Crippen LogP contribution is 2.30. The van der Waals surface area contributed by atoms with E-state index in [2.05, 4.69) is 10.1 Å². The Morgan fingerprint density at radius 2 is 1.90 bits per heavy atom. The molecule has 3 rings (SSSR count). The molecule has 21 heavy (non-hydrogen) atoms. The lowest BCUT2D eigenvalue weighted by molar-refractivity contribution is 0.566. The number of rotatable bonds is 1. The Kier molecular flexibility index (Phi) is 3.14. The fraction of sp³-hybridized carbons (Fsp3) is 0.250. The first-order valence-corrected chi connectivity index (χ1v) is 7.12. The van der Waals surface area contributed by atoms with E-state index < -0.39 is 0 Å². The van der Waals surface area contributed by atoms with Crippen LogP contribution in [0.5, 0.6) is 0 Å². The Morgan fingerprint density at radius 1 is 1.19 bits per heavy atom. The van der Waals surface area contributed by atoms with Crippen LogP contribution in [0.15, 0.2) is 41.3 Å². The molecule has 1 N–H and O–H groups in total. The second-order valence-corrected chi connectivity index (χ2v) is 6.46. The quantitative estimate of drug-likeness (QED) is 0.746. The van der Waals surface area contributed by atoms with Gasteiger partial charge < -0.3 is 0 Å². The Bertz CT molecular complexity index is 871. The van der Waals surface area contributed by atoms with Gasteiger partial charge in [0.25, 0.3) is 5.56 Å². The van der Waals surface area contributed by atoms with E-state index in [4.69, 9.17) is 11.6 Å². The Labute approximate surface area is 127 Å². The zero-order valence-electron chi connectivity index (χ0n) is 12.1. The number of aromatic nitrogens is 3. The topological polar surface area (TPSA) is 50.2 Å². The molecule has 0 unspecified atom stereocenters. The van der Waals surface area contributed by atoms with Gasteiger partial charge in [0.2, 0.25) is 0 Å². The largest absolute Gasteiger partial charge is 0.296 e. The Balaban J connectivity index is 2.34. The van der Waals surface area contributed by atoms with Crippen LogP contribution in [-0.2, 0) is 5.41 Å². The van der Waals surface area contributed by atoms with Crippen molar-refractivity contribution in [3.8, 4) is 11.1 Å². The van der Waals surface area contributed by atoms with Crippen LogP contribution in [0.4, 0.5) is 0 Å². The zero-order chi connectivity index (χ0) is 15.2. The summed E-state index contributed by atoms with van der Waals surface area (Å²) >= 11 is 6.26. The standard InChI is InChI=1S/C16H16ClN3O/c1-16(2,3)13-8-14(21)20-15(19-13)11(9-18-20)10-6-4-5-7-12(10)17/h4-9,18H,1-3H3. The molecule has 0 bridgehead atoms. The average Bonchev–Trinajstić information content (AvgIpc) is 2.82. The molecule has 3 aromatic rings. The summed E-state index contributed by atoms with van der Waals surface area (Å²) in [4.78, 5) is 16.9. The number of nitrogens with zero attached hydrogens (tertiary/aromatic N) is 2. The van der Waals surface area contributed by atoms with E-state index in [9.17, 15) is 4.79 Å². The molecular formula is C16H16ClN3O. The van der Waals surface area contributed by atoms with Gasteiger partial charge in [-0.05, 0) is 6.07 Å².